The number of rotatable bonds is 5. The first kappa shape index (κ1) is 16.3. The summed E-state index contributed by atoms with van der Waals surface area (Å²) in [6.07, 6.45) is 1.75. The largest absolute Gasteiger partial charge is 0.497 e. The zero-order valence-electron chi connectivity index (χ0n) is 12.9. The van der Waals surface area contributed by atoms with Crippen LogP contribution in [0.1, 0.15) is 22.8 Å². The molecule has 0 radical (unpaired) electrons. The van der Waals surface area contributed by atoms with E-state index < -0.39 is 5.97 Å². The smallest absolute Gasteiger partial charge is 0.335 e. The molecule has 1 amide bonds. The third-order valence-electron chi connectivity index (χ3n) is 3.22. The van der Waals surface area contributed by atoms with Gasteiger partial charge in [-0.15, -0.1) is 0 Å². The summed E-state index contributed by atoms with van der Waals surface area (Å²) in [5, 5.41) is 11.6. The second-order valence-electron chi connectivity index (χ2n) is 4.94. The van der Waals surface area contributed by atoms with Gasteiger partial charge in [-0.05, 0) is 48.9 Å². The molecule has 0 saturated heterocycles. The molecule has 0 saturated carbocycles. The van der Waals surface area contributed by atoms with Crippen molar-refractivity contribution in [2.45, 2.75) is 6.92 Å². The van der Waals surface area contributed by atoms with E-state index in [-0.39, 0.29) is 11.5 Å². The highest BCUT2D eigenvalue weighted by molar-refractivity contribution is 6.06. The minimum Gasteiger partial charge on any atom is -0.497 e. The lowest BCUT2D eigenvalue weighted by atomic mass is 10.1. The average molecular weight is 311 g/mol. The molecule has 2 N–H and O–H groups in total. The molecule has 5 nitrogen and oxygen atoms in total. The first-order valence-corrected chi connectivity index (χ1v) is 6.96. The molecule has 2 aromatic carbocycles. The minimum atomic E-state index is -1.04. The quantitative estimate of drug-likeness (QED) is 0.829. The molecule has 0 aromatic heterocycles. The maximum atomic E-state index is 12.2. The molecule has 0 fully saturated rings. The van der Waals surface area contributed by atoms with E-state index in [0.717, 1.165) is 11.3 Å². The SMILES string of the molecule is COc1ccc(/C=C(\C)C(=O)Nc2cccc(C(=O)O)c2)cc1. The van der Waals surface area contributed by atoms with Crippen LogP contribution in [0.4, 0.5) is 5.69 Å². The number of carbonyl (C=O) groups excluding carboxylic acids is 1. The van der Waals surface area contributed by atoms with Crippen molar-refractivity contribution in [1.82, 2.24) is 0 Å². The highest BCUT2D eigenvalue weighted by atomic mass is 16.5. The van der Waals surface area contributed by atoms with Crippen LogP contribution in [0.2, 0.25) is 0 Å². The van der Waals surface area contributed by atoms with E-state index in [2.05, 4.69) is 5.32 Å². The Hall–Kier alpha value is -3.08. The van der Waals surface area contributed by atoms with Crippen LogP contribution in [0, 0.1) is 0 Å². The molecule has 118 valence electrons. The van der Waals surface area contributed by atoms with Gasteiger partial charge in [-0.3, -0.25) is 4.79 Å². The van der Waals surface area contributed by atoms with Gasteiger partial charge in [0.2, 0.25) is 0 Å². The molecule has 23 heavy (non-hydrogen) atoms. The number of anilines is 1. The van der Waals surface area contributed by atoms with Gasteiger partial charge in [-0.25, -0.2) is 4.79 Å². The van der Waals surface area contributed by atoms with Gasteiger partial charge in [0.1, 0.15) is 5.75 Å². The van der Waals surface area contributed by atoms with E-state index >= 15 is 0 Å². The fourth-order valence-electron chi connectivity index (χ4n) is 1.98. The normalized spacial score (nSPS) is 11.0. The Kier molecular flexibility index (Phi) is 5.15. The zero-order valence-corrected chi connectivity index (χ0v) is 12.9. The Morgan fingerprint density at radius 2 is 1.83 bits per heavy atom. The van der Waals surface area contributed by atoms with Crippen molar-refractivity contribution in [2.24, 2.45) is 0 Å². The summed E-state index contributed by atoms with van der Waals surface area (Å²) < 4.78 is 5.08. The molecule has 0 spiro atoms. The molecule has 0 atom stereocenters. The fraction of sp³-hybridized carbons (Fsp3) is 0.111. The van der Waals surface area contributed by atoms with Crippen LogP contribution < -0.4 is 10.1 Å². The fourth-order valence-corrected chi connectivity index (χ4v) is 1.98. The van der Waals surface area contributed by atoms with Crippen molar-refractivity contribution in [3.05, 3.63) is 65.2 Å². The van der Waals surface area contributed by atoms with Crippen molar-refractivity contribution >= 4 is 23.6 Å². The van der Waals surface area contributed by atoms with Crippen LogP contribution in [0.25, 0.3) is 6.08 Å². The van der Waals surface area contributed by atoms with Gasteiger partial charge >= 0.3 is 5.97 Å². The lowest BCUT2D eigenvalue weighted by molar-refractivity contribution is -0.112. The Labute approximate surface area is 134 Å². The molecule has 0 unspecified atom stereocenters. The third kappa shape index (κ3) is 4.44. The third-order valence-corrected chi connectivity index (χ3v) is 3.22. The van der Waals surface area contributed by atoms with E-state index in [1.165, 1.54) is 12.1 Å². The predicted molar refractivity (Wildman–Crippen MR) is 88.7 cm³/mol. The van der Waals surface area contributed by atoms with Gasteiger partial charge in [-0.2, -0.15) is 0 Å². The van der Waals surface area contributed by atoms with Crippen LogP contribution in [-0.2, 0) is 4.79 Å². The first-order valence-electron chi connectivity index (χ1n) is 6.96. The molecule has 0 aliphatic heterocycles. The van der Waals surface area contributed by atoms with Crippen LogP contribution in [0.5, 0.6) is 5.75 Å². The van der Waals surface area contributed by atoms with Crippen LogP contribution in [0.3, 0.4) is 0 Å². The summed E-state index contributed by atoms with van der Waals surface area (Å²) in [6, 6.07) is 13.4. The van der Waals surface area contributed by atoms with Gasteiger partial charge in [0.15, 0.2) is 0 Å². The Balaban J connectivity index is 2.11. The highest BCUT2D eigenvalue weighted by Crippen LogP contribution is 2.16. The highest BCUT2D eigenvalue weighted by Gasteiger charge is 2.08. The van der Waals surface area contributed by atoms with E-state index in [1.807, 2.05) is 24.3 Å². The number of hydrogen-bond donors (Lipinski definition) is 2. The number of amides is 1. The summed E-state index contributed by atoms with van der Waals surface area (Å²) in [6.45, 7) is 1.70. The summed E-state index contributed by atoms with van der Waals surface area (Å²) >= 11 is 0. The van der Waals surface area contributed by atoms with Gasteiger partial charge < -0.3 is 15.2 Å². The molecule has 0 aliphatic rings. The summed E-state index contributed by atoms with van der Waals surface area (Å²) in [4.78, 5) is 23.1. The van der Waals surface area contributed by atoms with Crippen LogP contribution >= 0.6 is 0 Å². The standard InChI is InChI=1S/C18H17NO4/c1-12(10-13-6-8-16(23-2)9-7-13)17(20)19-15-5-3-4-14(11-15)18(21)22/h3-11H,1-2H3,(H,19,20)(H,21,22)/b12-10+. The van der Waals surface area contributed by atoms with Crippen LogP contribution in [0.15, 0.2) is 54.1 Å². The average Bonchev–Trinajstić information content (AvgIpc) is 2.55. The number of nitrogens with one attached hydrogen (secondary N) is 1. The monoisotopic (exact) mass is 311 g/mol. The van der Waals surface area contributed by atoms with Gasteiger partial charge in [0, 0.05) is 11.3 Å². The lowest BCUT2D eigenvalue weighted by Crippen LogP contribution is -2.13. The predicted octanol–water partition coefficient (Wildman–Crippen LogP) is 3.44. The van der Waals surface area contributed by atoms with Crippen molar-refractivity contribution in [1.29, 1.82) is 0 Å². The molecule has 5 heteroatoms. The number of hydrogen-bond acceptors (Lipinski definition) is 3. The summed E-state index contributed by atoms with van der Waals surface area (Å²) in [7, 11) is 1.59. The minimum absolute atomic E-state index is 0.125. The number of methoxy groups -OCH3 is 1. The summed E-state index contributed by atoms with van der Waals surface area (Å²) in [5.41, 5.74) is 1.95. The zero-order chi connectivity index (χ0) is 16.8. The maximum Gasteiger partial charge on any atom is 0.335 e. The second kappa shape index (κ2) is 7.26. The number of carboxylic acids is 1. The number of carboxylic acid groups (broad SMARTS) is 1. The maximum absolute atomic E-state index is 12.2. The van der Waals surface area contributed by atoms with E-state index in [1.54, 1.807) is 32.2 Å². The molecule has 0 aliphatic carbocycles. The van der Waals surface area contributed by atoms with Crippen molar-refractivity contribution in [3.8, 4) is 5.75 Å². The van der Waals surface area contributed by atoms with Crippen molar-refractivity contribution < 1.29 is 19.4 Å². The Bertz CT molecular complexity index is 748. The van der Waals surface area contributed by atoms with Gasteiger partial charge in [0.25, 0.3) is 5.91 Å². The number of aromatic carboxylic acids is 1. The summed E-state index contributed by atoms with van der Waals surface area (Å²) in [5.74, 6) is -0.579. The molecule has 2 aromatic rings. The van der Waals surface area contributed by atoms with Crippen molar-refractivity contribution in [2.75, 3.05) is 12.4 Å². The van der Waals surface area contributed by atoms with Crippen LogP contribution in [-0.4, -0.2) is 24.1 Å². The van der Waals surface area contributed by atoms with E-state index in [4.69, 9.17) is 9.84 Å². The Morgan fingerprint density at radius 3 is 2.43 bits per heavy atom. The molecule has 2 rings (SSSR count). The van der Waals surface area contributed by atoms with Gasteiger partial charge in [-0.1, -0.05) is 18.2 Å². The number of benzene rings is 2. The lowest BCUT2D eigenvalue weighted by Gasteiger charge is -2.07. The second-order valence-corrected chi connectivity index (χ2v) is 4.94. The molecule has 0 heterocycles. The number of carbonyl (C=O) groups is 2. The van der Waals surface area contributed by atoms with E-state index in [0.29, 0.717) is 11.3 Å². The van der Waals surface area contributed by atoms with Crippen molar-refractivity contribution in [3.63, 3.8) is 0 Å². The number of ether oxygens (including phenoxy) is 1. The topological polar surface area (TPSA) is 75.6 Å². The first-order chi connectivity index (χ1) is 11.0. The van der Waals surface area contributed by atoms with Gasteiger partial charge in [0.05, 0.1) is 12.7 Å². The molecule has 0 bridgehead atoms. The van der Waals surface area contributed by atoms with E-state index in [9.17, 15) is 9.59 Å². The molecular weight excluding hydrogens is 294 g/mol. The Morgan fingerprint density at radius 1 is 1.13 bits per heavy atom. The molecular formula is C18H17NO4.